The lowest BCUT2D eigenvalue weighted by Gasteiger charge is -1.98. The minimum absolute atomic E-state index is 0.664. The molecule has 3 unspecified atom stereocenters. The molecule has 66 valence electrons. The van der Waals surface area contributed by atoms with E-state index in [1.807, 2.05) is 0 Å². The zero-order valence-electron chi connectivity index (χ0n) is 7.84. The first-order valence-electron chi connectivity index (χ1n) is 4.63. The zero-order chi connectivity index (χ0) is 8.27. The molecule has 1 saturated heterocycles. The molecule has 0 N–H and O–H groups in total. The fourth-order valence-electron chi connectivity index (χ4n) is 1.66. The minimum atomic E-state index is 0.664. The Kier molecular flexibility index (Phi) is 3.34. The van der Waals surface area contributed by atoms with Crippen molar-refractivity contribution in [2.24, 2.45) is 0 Å². The first kappa shape index (κ1) is 9.01. The van der Waals surface area contributed by atoms with Crippen LogP contribution in [0.15, 0.2) is 0 Å². The maximum Gasteiger partial charge on any atom is 0.0575 e. The van der Waals surface area contributed by atoms with Crippen LogP contribution in [-0.2, 0) is 4.84 Å². The highest BCUT2D eigenvalue weighted by Gasteiger charge is 2.43. The highest BCUT2D eigenvalue weighted by Crippen LogP contribution is 2.31. The lowest BCUT2D eigenvalue weighted by atomic mass is 10.1. The summed E-state index contributed by atoms with van der Waals surface area (Å²) in [5, 5.41) is 2.08. The van der Waals surface area contributed by atoms with E-state index in [2.05, 4.69) is 18.9 Å². The van der Waals surface area contributed by atoms with E-state index < -0.39 is 0 Å². The number of rotatable bonds is 5. The van der Waals surface area contributed by atoms with Gasteiger partial charge in [0.1, 0.15) is 0 Å². The number of unbranched alkanes of at least 4 members (excludes halogenated alkanes) is 2. The van der Waals surface area contributed by atoms with Gasteiger partial charge in [0.2, 0.25) is 0 Å². The standard InChI is InChI=1S/C9H19NO/c1-4-5-6-7-9-8(2)10(9)11-3/h8-9H,4-7H2,1-3H3. The number of nitrogens with zero attached hydrogens (tertiary/aromatic N) is 1. The lowest BCUT2D eigenvalue weighted by Crippen LogP contribution is -1.99. The smallest absolute Gasteiger partial charge is 0.0575 e. The second-order valence-electron chi connectivity index (χ2n) is 3.35. The van der Waals surface area contributed by atoms with E-state index in [1.165, 1.54) is 25.7 Å². The molecule has 0 aromatic rings. The van der Waals surface area contributed by atoms with E-state index in [-0.39, 0.29) is 0 Å². The summed E-state index contributed by atoms with van der Waals surface area (Å²) in [5.41, 5.74) is 0. The van der Waals surface area contributed by atoms with Crippen molar-refractivity contribution < 1.29 is 4.84 Å². The molecular weight excluding hydrogens is 138 g/mol. The summed E-state index contributed by atoms with van der Waals surface area (Å²) in [6.45, 7) is 4.46. The molecule has 3 atom stereocenters. The number of hydrogen-bond acceptors (Lipinski definition) is 2. The summed E-state index contributed by atoms with van der Waals surface area (Å²) < 4.78 is 0. The van der Waals surface area contributed by atoms with Crippen molar-refractivity contribution in [1.82, 2.24) is 5.06 Å². The van der Waals surface area contributed by atoms with Crippen molar-refractivity contribution in [3.63, 3.8) is 0 Å². The number of hydrogen-bond donors (Lipinski definition) is 0. The largest absolute Gasteiger partial charge is 0.302 e. The second-order valence-corrected chi connectivity index (χ2v) is 3.35. The van der Waals surface area contributed by atoms with Crippen LogP contribution in [0, 0.1) is 0 Å². The third-order valence-corrected chi connectivity index (χ3v) is 2.51. The minimum Gasteiger partial charge on any atom is -0.302 e. The van der Waals surface area contributed by atoms with Crippen LogP contribution in [0.5, 0.6) is 0 Å². The van der Waals surface area contributed by atoms with Crippen molar-refractivity contribution in [3.05, 3.63) is 0 Å². The maximum atomic E-state index is 5.15. The SMILES string of the molecule is CCCCCC1C(C)N1OC. The molecule has 1 heterocycles. The van der Waals surface area contributed by atoms with Crippen LogP contribution in [0.25, 0.3) is 0 Å². The van der Waals surface area contributed by atoms with Crippen molar-refractivity contribution in [1.29, 1.82) is 0 Å². The van der Waals surface area contributed by atoms with Crippen LogP contribution in [0.2, 0.25) is 0 Å². The molecule has 0 aliphatic carbocycles. The lowest BCUT2D eigenvalue weighted by molar-refractivity contribution is -0.0476. The summed E-state index contributed by atoms with van der Waals surface area (Å²) in [6.07, 6.45) is 5.34. The Hall–Kier alpha value is -0.0800. The number of hydroxylamine groups is 2. The molecule has 11 heavy (non-hydrogen) atoms. The van der Waals surface area contributed by atoms with Crippen molar-refractivity contribution in [2.75, 3.05) is 7.11 Å². The third kappa shape index (κ3) is 2.17. The average Bonchev–Trinajstić information content (AvgIpc) is 2.62. The van der Waals surface area contributed by atoms with Crippen LogP contribution in [-0.4, -0.2) is 24.3 Å². The normalized spacial score (nSPS) is 35.7. The molecule has 1 aliphatic rings. The molecule has 0 aromatic heterocycles. The van der Waals surface area contributed by atoms with E-state index in [1.54, 1.807) is 7.11 Å². The van der Waals surface area contributed by atoms with Crippen molar-refractivity contribution >= 4 is 0 Å². The summed E-state index contributed by atoms with van der Waals surface area (Å²) in [7, 11) is 1.76. The molecule has 0 aromatic carbocycles. The van der Waals surface area contributed by atoms with Crippen LogP contribution >= 0.6 is 0 Å². The summed E-state index contributed by atoms with van der Waals surface area (Å²) >= 11 is 0. The Bertz CT molecular complexity index is 116. The van der Waals surface area contributed by atoms with Crippen molar-refractivity contribution in [2.45, 2.75) is 51.6 Å². The van der Waals surface area contributed by atoms with Gasteiger partial charge in [0.15, 0.2) is 0 Å². The Morgan fingerprint density at radius 2 is 2.09 bits per heavy atom. The Labute approximate surface area is 69.5 Å². The van der Waals surface area contributed by atoms with Crippen molar-refractivity contribution in [3.8, 4) is 0 Å². The van der Waals surface area contributed by atoms with Gasteiger partial charge in [0.25, 0.3) is 0 Å². The predicted octanol–water partition coefficient (Wildman–Crippen LogP) is 2.20. The van der Waals surface area contributed by atoms with Gasteiger partial charge in [0, 0.05) is 0 Å². The van der Waals surface area contributed by atoms with Gasteiger partial charge in [-0.2, -0.15) is 5.06 Å². The fraction of sp³-hybridized carbons (Fsp3) is 1.00. The summed E-state index contributed by atoms with van der Waals surface area (Å²) in [6, 6.07) is 1.38. The Morgan fingerprint density at radius 1 is 1.36 bits per heavy atom. The topological polar surface area (TPSA) is 12.2 Å². The Balaban J connectivity index is 2.01. The summed E-state index contributed by atoms with van der Waals surface area (Å²) in [5.74, 6) is 0. The molecule has 1 rings (SSSR count). The average molecular weight is 157 g/mol. The highest BCUT2D eigenvalue weighted by molar-refractivity contribution is 4.92. The van der Waals surface area contributed by atoms with E-state index in [0.29, 0.717) is 12.1 Å². The van der Waals surface area contributed by atoms with E-state index in [4.69, 9.17) is 4.84 Å². The van der Waals surface area contributed by atoms with Crippen LogP contribution < -0.4 is 0 Å². The Morgan fingerprint density at radius 3 is 2.55 bits per heavy atom. The molecule has 0 radical (unpaired) electrons. The van der Waals surface area contributed by atoms with Gasteiger partial charge in [-0.25, -0.2) is 0 Å². The third-order valence-electron chi connectivity index (χ3n) is 2.51. The molecule has 1 fully saturated rings. The van der Waals surface area contributed by atoms with Gasteiger partial charge in [-0.3, -0.25) is 0 Å². The summed E-state index contributed by atoms with van der Waals surface area (Å²) in [4.78, 5) is 5.15. The van der Waals surface area contributed by atoms with Gasteiger partial charge in [-0.05, 0) is 13.3 Å². The monoisotopic (exact) mass is 157 g/mol. The highest BCUT2D eigenvalue weighted by atomic mass is 16.7. The molecule has 1 aliphatic heterocycles. The first-order valence-corrected chi connectivity index (χ1v) is 4.63. The van der Waals surface area contributed by atoms with Crippen LogP contribution in [0.1, 0.15) is 39.5 Å². The second kappa shape index (κ2) is 4.07. The van der Waals surface area contributed by atoms with E-state index in [9.17, 15) is 0 Å². The molecule has 0 amide bonds. The first-order chi connectivity index (χ1) is 5.31. The molecule has 0 spiro atoms. The molecule has 2 heteroatoms. The zero-order valence-corrected chi connectivity index (χ0v) is 7.84. The van der Waals surface area contributed by atoms with E-state index >= 15 is 0 Å². The van der Waals surface area contributed by atoms with E-state index in [0.717, 1.165) is 0 Å². The molecule has 0 saturated carbocycles. The van der Waals surface area contributed by atoms with Gasteiger partial charge < -0.3 is 4.84 Å². The van der Waals surface area contributed by atoms with Gasteiger partial charge in [-0.15, -0.1) is 0 Å². The van der Waals surface area contributed by atoms with Gasteiger partial charge in [0.05, 0.1) is 19.2 Å². The van der Waals surface area contributed by atoms with Gasteiger partial charge >= 0.3 is 0 Å². The van der Waals surface area contributed by atoms with Gasteiger partial charge in [-0.1, -0.05) is 26.2 Å². The quantitative estimate of drug-likeness (QED) is 0.448. The molecule has 0 bridgehead atoms. The molecule has 2 nitrogen and oxygen atoms in total. The molecular formula is C9H19NO. The fourth-order valence-corrected chi connectivity index (χ4v) is 1.66. The van der Waals surface area contributed by atoms with Crippen LogP contribution in [0.4, 0.5) is 0 Å². The predicted molar refractivity (Wildman–Crippen MR) is 46.2 cm³/mol. The van der Waals surface area contributed by atoms with Crippen LogP contribution in [0.3, 0.4) is 0 Å². The maximum absolute atomic E-state index is 5.15.